The van der Waals surface area contributed by atoms with E-state index in [1.165, 1.54) is 0 Å². The van der Waals surface area contributed by atoms with Gasteiger partial charge in [-0.1, -0.05) is 23.8 Å². The monoisotopic (exact) mass is 372 g/mol. The van der Waals surface area contributed by atoms with Crippen molar-refractivity contribution >= 4 is 17.6 Å². The van der Waals surface area contributed by atoms with Gasteiger partial charge < -0.3 is 25.2 Å². The van der Waals surface area contributed by atoms with E-state index in [4.69, 9.17) is 14.6 Å². The van der Waals surface area contributed by atoms with Crippen LogP contribution in [0.25, 0.3) is 0 Å². The number of carboxylic acid groups (broad SMARTS) is 1. The van der Waals surface area contributed by atoms with Crippen molar-refractivity contribution in [1.29, 1.82) is 0 Å². The molecule has 7 heteroatoms. The predicted octanol–water partition coefficient (Wildman–Crippen LogP) is 2.59. The van der Waals surface area contributed by atoms with Gasteiger partial charge in [0.05, 0.1) is 13.2 Å². The number of carbonyl (C=O) groups is 2. The third-order valence-electron chi connectivity index (χ3n) is 3.61. The minimum atomic E-state index is -0.917. The molecule has 0 atom stereocenters. The van der Waals surface area contributed by atoms with Crippen molar-refractivity contribution in [2.45, 2.75) is 20.4 Å². The molecule has 2 rings (SSSR count). The van der Waals surface area contributed by atoms with Crippen LogP contribution in [0.2, 0.25) is 0 Å². The molecule has 0 heterocycles. The molecule has 0 fully saturated rings. The van der Waals surface area contributed by atoms with Crippen LogP contribution in [0.5, 0.6) is 11.5 Å². The van der Waals surface area contributed by atoms with Crippen molar-refractivity contribution in [2.24, 2.45) is 0 Å². The predicted molar refractivity (Wildman–Crippen MR) is 102 cm³/mol. The standard InChI is InChI=1S/C20H24N2O5/c1-3-26-18-10-15(11-21-12-20(24)25)6-9-17(18)27-13-19(23)22-16-7-4-14(2)5-8-16/h4-10,21H,3,11-13H2,1-2H3,(H,22,23)(H,24,25). The van der Waals surface area contributed by atoms with Crippen molar-refractivity contribution in [3.63, 3.8) is 0 Å². The van der Waals surface area contributed by atoms with E-state index in [0.29, 0.717) is 30.3 Å². The number of hydrogen-bond acceptors (Lipinski definition) is 5. The van der Waals surface area contributed by atoms with Gasteiger partial charge in [0.2, 0.25) is 0 Å². The molecule has 27 heavy (non-hydrogen) atoms. The molecule has 1 amide bonds. The van der Waals surface area contributed by atoms with Gasteiger partial charge in [-0.05, 0) is 43.7 Å². The molecule has 0 bridgehead atoms. The van der Waals surface area contributed by atoms with E-state index >= 15 is 0 Å². The second-order valence-electron chi connectivity index (χ2n) is 5.91. The largest absolute Gasteiger partial charge is 0.490 e. The van der Waals surface area contributed by atoms with Gasteiger partial charge in [0.1, 0.15) is 0 Å². The van der Waals surface area contributed by atoms with Gasteiger partial charge in [0, 0.05) is 12.2 Å². The summed E-state index contributed by atoms with van der Waals surface area (Å²) in [5, 5.41) is 14.3. The van der Waals surface area contributed by atoms with Crippen LogP contribution in [0.3, 0.4) is 0 Å². The molecule has 0 aliphatic rings. The van der Waals surface area contributed by atoms with Crippen LogP contribution in [0, 0.1) is 6.92 Å². The zero-order valence-electron chi connectivity index (χ0n) is 15.5. The minimum absolute atomic E-state index is 0.124. The summed E-state index contributed by atoms with van der Waals surface area (Å²) >= 11 is 0. The second-order valence-corrected chi connectivity index (χ2v) is 5.91. The summed E-state index contributed by atoms with van der Waals surface area (Å²) in [6.07, 6.45) is 0. The lowest BCUT2D eigenvalue weighted by molar-refractivity contribution is -0.136. The number of carboxylic acids is 1. The molecule has 2 aromatic rings. The van der Waals surface area contributed by atoms with Crippen LogP contribution in [-0.2, 0) is 16.1 Å². The molecule has 7 nitrogen and oxygen atoms in total. The number of hydrogen-bond donors (Lipinski definition) is 3. The first-order valence-electron chi connectivity index (χ1n) is 8.65. The highest BCUT2D eigenvalue weighted by Crippen LogP contribution is 2.28. The maximum absolute atomic E-state index is 12.1. The number of amides is 1. The van der Waals surface area contributed by atoms with Crippen LogP contribution in [0.4, 0.5) is 5.69 Å². The normalized spacial score (nSPS) is 10.3. The molecule has 144 valence electrons. The molecular weight excluding hydrogens is 348 g/mol. The highest BCUT2D eigenvalue weighted by atomic mass is 16.5. The lowest BCUT2D eigenvalue weighted by Crippen LogP contribution is -2.22. The lowest BCUT2D eigenvalue weighted by Gasteiger charge is -2.14. The molecule has 0 spiro atoms. The topological polar surface area (TPSA) is 96.9 Å². The zero-order chi connectivity index (χ0) is 19.6. The Morgan fingerprint density at radius 1 is 1.04 bits per heavy atom. The summed E-state index contributed by atoms with van der Waals surface area (Å²) in [5.74, 6) is -0.221. The Hall–Kier alpha value is -3.06. The summed E-state index contributed by atoms with van der Waals surface area (Å²) in [7, 11) is 0. The zero-order valence-corrected chi connectivity index (χ0v) is 15.5. The first kappa shape index (κ1) is 20.3. The molecule has 0 saturated carbocycles. The van der Waals surface area contributed by atoms with Gasteiger partial charge in [-0.2, -0.15) is 0 Å². The number of nitrogens with one attached hydrogen (secondary N) is 2. The smallest absolute Gasteiger partial charge is 0.317 e. The van der Waals surface area contributed by atoms with Gasteiger partial charge in [-0.3, -0.25) is 9.59 Å². The Morgan fingerprint density at radius 3 is 2.44 bits per heavy atom. The third kappa shape index (κ3) is 6.99. The number of aliphatic carboxylic acids is 1. The molecular formula is C20H24N2O5. The first-order valence-corrected chi connectivity index (χ1v) is 8.65. The molecule has 0 radical (unpaired) electrons. The SMILES string of the molecule is CCOc1cc(CNCC(=O)O)ccc1OCC(=O)Nc1ccc(C)cc1. The fourth-order valence-electron chi connectivity index (χ4n) is 2.34. The van der Waals surface area contributed by atoms with E-state index < -0.39 is 5.97 Å². The summed E-state index contributed by atoms with van der Waals surface area (Å²) in [5.41, 5.74) is 2.68. The molecule has 0 aliphatic carbocycles. The quantitative estimate of drug-likeness (QED) is 0.593. The maximum Gasteiger partial charge on any atom is 0.317 e. The van der Waals surface area contributed by atoms with Gasteiger partial charge in [-0.15, -0.1) is 0 Å². The van der Waals surface area contributed by atoms with Crippen molar-refractivity contribution in [1.82, 2.24) is 5.32 Å². The minimum Gasteiger partial charge on any atom is -0.490 e. The van der Waals surface area contributed by atoms with E-state index in [9.17, 15) is 9.59 Å². The first-order chi connectivity index (χ1) is 13.0. The highest BCUT2D eigenvalue weighted by molar-refractivity contribution is 5.91. The van der Waals surface area contributed by atoms with Crippen molar-refractivity contribution in [2.75, 3.05) is 25.1 Å². The molecule has 2 aromatic carbocycles. The van der Waals surface area contributed by atoms with E-state index in [1.807, 2.05) is 38.1 Å². The van der Waals surface area contributed by atoms with E-state index in [2.05, 4.69) is 10.6 Å². The Kier molecular flexibility index (Phi) is 7.63. The number of rotatable bonds is 10. The molecule has 0 aliphatic heterocycles. The Labute approximate surface area is 158 Å². The summed E-state index contributed by atoms with van der Waals surface area (Å²) in [6, 6.07) is 12.8. The van der Waals surface area contributed by atoms with Crippen LogP contribution in [0.15, 0.2) is 42.5 Å². The van der Waals surface area contributed by atoms with Gasteiger partial charge in [-0.25, -0.2) is 0 Å². The number of anilines is 1. The Balaban J connectivity index is 1.94. The third-order valence-corrected chi connectivity index (χ3v) is 3.61. The van der Waals surface area contributed by atoms with Crippen molar-refractivity contribution < 1.29 is 24.2 Å². The Morgan fingerprint density at radius 2 is 1.78 bits per heavy atom. The number of ether oxygens (including phenoxy) is 2. The van der Waals surface area contributed by atoms with Crippen LogP contribution in [0.1, 0.15) is 18.1 Å². The maximum atomic E-state index is 12.1. The fourth-order valence-corrected chi connectivity index (χ4v) is 2.34. The number of aryl methyl sites for hydroxylation is 1. The molecule has 3 N–H and O–H groups in total. The molecule has 0 unspecified atom stereocenters. The summed E-state index contributed by atoms with van der Waals surface area (Å²) < 4.78 is 11.2. The van der Waals surface area contributed by atoms with Gasteiger partial charge >= 0.3 is 5.97 Å². The second kappa shape index (κ2) is 10.2. The fraction of sp³-hybridized carbons (Fsp3) is 0.300. The lowest BCUT2D eigenvalue weighted by atomic mass is 10.2. The number of carbonyl (C=O) groups excluding carboxylic acids is 1. The highest BCUT2D eigenvalue weighted by Gasteiger charge is 2.10. The van der Waals surface area contributed by atoms with Crippen molar-refractivity contribution in [3.05, 3.63) is 53.6 Å². The van der Waals surface area contributed by atoms with Crippen LogP contribution >= 0.6 is 0 Å². The Bertz CT molecular complexity index is 774. The van der Waals surface area contributed by atoms with E-state index in [1.54, 1.807) is 18.2 Å². The summed E-state index contributed by atoms with van der Waals surface area (Å²) in [6.45, 7) is 4.39. The van der Waals surface area contributed by atoms with Crippen molar-refractivity contribution in [3.8, 4) is 11.5 Å². The molecule has 0 saturated heterocycles. The average Bonchev–Trinajstić information content (AvgIpc) is 2.63. The van der Waals surface area contributed by atoms with Gasteiger partial charge in [0.15, 0.2) is 18.1 Å². The molecule has 0 aromatic heterocycles. The van der Waals surface area contributed by atoms with E-state index in [0.717, 1.165) is 11.1 Å². The average molecular weight is 372 g/mol. The van der Waals surface area contributed by atoms with Crippen LogP contribution < -0.4 is 20.1 Å². The van der Waals surface area contributed by atoms with Crippen LogP contribution in [-0.4, -0.2) is 36.7 Å². The van der Waals surface area contributed by atoms with Gasteiger partial charge in [0.25, 0.3) is 5.91 Å². The summed E-state index contributed by atoms with van der Waals surface area (Å²) in [4.78, 5) is 22.6. The van der Waals surface area contributed by atoms with E-state index in [-0.39, 0.29) is 19.1 Å². The number of benzene rings is 2.